The van der Waals surface area contributed by atoms with Crippen molar-refractivity contribution in [3.8, 4) is 22.8 Å². The van der Waals surface area contributed by atoms with E-state index in [9.17, 15) is 5.11 Å². The van der Waals surface area contributed by atoms with Crippen molar-refractivity contribution in [1.82, 2.24) is 4.98 Å². The van der Waals surface area contributed by atoms with E-state index in [4.69, 9.17) is 15.2 Å². The highest BCUT2D eigenvalue weighted by Gasteiger charge is 2.15. The van der Waals surface area contributed by atoms with E-state index in [0.717, 1.165) is 26.1 Å². The van der Waals surface area contributed by atoms with Crippen molar-refractivity contribution in [1.29, 1.82) is 0 Å². The van der Waals surface area contributed by atoms with Gasteiger partial charge in [0.25, 0.3) is 0 Å². The van der Waals surface area contributed by atoms with Crippen molar-refractivity contribution >= 4 is 54.9 Å². The second-order valence-electron chi connectivity index (χ2n) is 7.42. The van der Waals surface area contributed by atoms with Gasteiger partial charge in [-0.25, -0.2) is 4.98 Å². The van der Waals surface area contributed by atoms with Crippen LogP contribution in [0.5, 0.6) is 11.5 Å². The van der Waals surface area contributed by atoms with Crippen molar-refractivity contribution in [2.45, 2.75) is 52.9 Å². The number of hydrogen-bond donors (Lipinski definition) is 3. The number of nitrogens with zero attached hydrogens (tertiary/aromatic N) is 1. The molecule has 1 atom stereocenters. The average molecular weight is 564 g/mol. The first-order valence-electron chi connectivity index (χ1n) is 11.6. The normalized spacial score (nSPS) is 10.8. The number of aryl methyl sites for hydroxylation is 1. The van der Waals surface area contributed by atoms with Gasteiger partial charge in [-0.3, -0.25) is 0 Å². The number of nitrogens with two attached hydrogens (primary N) is 1. The van der Waals surface area contributed by atoms with Gasteiger partial charge in [0.15, 0.2) is 11.5 Å². The standard InChI is InChI=1S/C22H24N3O2PS3.C3H8.C2H6/c1-12-5-7-15(8-6-12)17-11-30-22(25-17)21(13(2)23)31-14(3)24-16-9-18(26)20(27-28)19(10-16)29-4;1-3-2;1-2/h5-11,24,26H,3,23,28H2,1-2,4H3;3H2,1-2H3;1-2H3/b21-13+;;. The molecule has 0 bridgehead atoms. The molecule has 0 saturated carbocycles. The van der Waals surface area contributed by atoms with Crippen LogP contribution in [0.15, 0.2) is 64.0 Å². The lowest BCUT2D eigenvalue weighted by molar-refractivity contribution is 0.446. The summed E-state index contributed by atoms with van der Waals surface area (Å²) in [7, 11) is 2.16. The van der Waals surface area contributed by atoms with Crippen LogP contribution in [0.4, 0.5) is 5.69 Å². The van der Waals surface area contributed by atoms with Crippen LogP contribution in [0.3, 0.4) is 0 Å². The summed E-state index contributed by atoms with van der Waals surface area (Å²) in [5.41, 5.74) is 10.7. The fourth-order valence-corrected chi connectivity index (χ4v) is 5.49. The van der Waals surface area contributed by atoms with Gasteiger partial charge in [0, 0.05) is 28.4 Å². The van der Waals surface area contributed by atoms with Gasteiger partial charge in [-0.05, 0) is 26.2 Å². The Hall–Kier alpha value is -2.12. The average Bonchev–Trinajstić information content (AvgIpc) is 3.34. The van der Waals surface area contributed by atoms with Crippen LogP contribution in [-0.4, -0.2) is 16.3 Å². The largest absolute Gasteiger partial charge is 0.504 e. The lowest BCUT2D eigenvalue weighted by atomic mass is 10.1. The molecule has 0 spiro atoms. The van der Waals surface area contributed by atoms with E-state index in [1.807, 2.05) is 38.5 Å². The molecular weight excluding hydrogens is 525 g/mol. The van der Waals surface area contributed by atoms with Crippen LogP contribution in [-0.2, 0) is 0 Å². The number of thiazole rings is 1. The van der Waals surface area contributed by atoms with Crippen molar-refractivity contribution in [2.24, 2.45) is 5.73 Å². The Morgan fingerprint density at radius 1 is 1.22 bits per heavy atom. The first kappa shape index (κ1) is 31.9. The quantitative estimate of drug-likeness (QED) is 0.186. The highest BCUT2D eigenvalue weighted by molar-refractivity contribution is 8.12. The summed E-state index contributed by atoms with van der Waals surface area (Å²) in [5.74, 6) is 0.474. The van der Waals surface area contributed by atoms with E-state index in [0.29, 0.717) is 22.2 Å². The summed E-state index contributed by atoms with van der Waals surface area (Å²) in [6, 6.07) is 11.8. The lowest BCUT2D eigenvalue weighted by Crippen LogP contribution is -2.00. The predicted octanol–water partition coefficient (Wildman–Crippen LogP) is 9.12. The minimum Gasteiger partial charge on any atom is -0.504 e. The molecule has 1 unspecified atom stereocenters. The van der Waals surface area contributed by atoms with Crippen molar-refractivity contribution in [3.63, 3.8) is 0 Å². The van der Waals surface area contributed by atoms with Gasteiger partial charge in [-0.15, -0.1) is 23.1 Å². The SMILES string of the molecule is C=C(Nc1cc(O)c(OP)c(SC)c1)S/C(=C(\C)N)c1nc(-c2ccc(C)cc2)cs1.CC.CCC. The van der Waals surface area contributed by atoms with E-state index in [-0.39, 0.29) is 5.75 Å². The third kappa shape index (κ3) is 9.40. The molecule has 2 aromatic carbocycles. The van der Waals surface area contributed by atoms with Crippen LogP contribution >= 0.6 is 44.3 Å². The van der Waals surface area contributed by atoms with Crippen LogP contribution in [0.25, 0.3) is 16.2 Å². The Bertz CT molecular complexity index is 1140. The number of aromatic hydroxyl groups is 1. The maximum absolute atomic E-state index is 10.2. The molecule has 4 N–H and O–H groups in total. The molecule has 36 heavy (non-hydrogen) atoms. The summed E-state index contributed by atoms with van der Waals surface area (Å²) in [4.78, 5) is 6.44. The third-order valence-corrected chi connectivity index (χ3v) is 7.32. The third-order valence-electron chi connectivity index (χ3n) is 4.29. The summed E-state index contributed by atoms with van der Waals surface area (Å²) in [5, 5.41) is 17.0. The Balaban J connectivity index is 0.00000120. The fraction of sp³-hybridized carbons (Fsp3) is 0.296. The summed E-state index contributed by atoms with van der Waals surface area (Å²) >= 11 is 4.44. The Labute approximate surface area is 231 Å². The van der Waals surface area contributed by atoms with Gasteiger partial charge in [-0.2, -0.15) is 0 Å². The van der Waals surface area contributed by atoms with Crippen LogP contribution in [0.1, 0.15) is 51.6 Å². The molecular formula is C27H38N3O2PS3. The summed E-state index contributed by atoms with van der Waals surface area (Å²) in [6.07, 6.45) is 3.17. The van der Waals surface area contributed by atoms with E-state index in [2.05, 4.69) is 66.4 Å². The highest BCUT2D eigenvalue weighted by Crippen LogP contribution is 2.42. The molecule has 0 fully saturated rings. The number of phenolic OH excluding ortho intramolecular Hbond substituents is 1. The minimum atomic E-state index is 0.0515. The van der Waals surface area contributed by atoms with E-state index in [1.165, 1.54) is 35.5 Å². The van der Waals surface area contributed by atoms with E-state index in [1.54, 1.807) is 17.4 Å². The molecule has 0 saturated heterocycles. The second-order valence-corrected chi connectivity index (χ2v) is 10.5. The number of rotatable bonds is 8. The Morgan fingerprint density at radius 2 is 1.83 bits per heavy atom. The number of anilines is 1. The molecule has 0 amide bonds. The molecule has 3 aromatic rings. The van der Waals surface area contributed by atoms with Crippen molar-refractivity contribution in [3.05, 3.63) is 69.7 Å². The molecule has 0 aliphatic carbocycles. The topological polar surface area (TPSA) is 80.4 Å². The molecule has 0 radical (unpaired) electrons. The Morgan fingerprint density at radius 3 is 2.36 bits per heavy atom. The summed E-state index contributed by atoms with van der Waals surface area (Å²) in [6.45, 7) is 16.3. The van der Waals surface area contributed by atoms with E-state index >= 15 is 0 Å². The zero-order valence-electron chi connectivity index (χ0n) is 22.1. The predicted molar refractivity (Wildman–Crippen MR) is 167 cm³/mol. The summed E-state index contributed by atoms with van der Waals surface area (Å²) < 4.78 is 5.19. The van der Waals surface area contributed by atoms with Gasteiger partial charge >= 0.3 is 0 Å². The van der Waals surface area contributed by atoms with Crippen LogP contribution < -0.4 is 15.6 Å². The van der Waals surface area contributed by atoms with E-state index < -0.39 is 0 Å². The van der Waals surface area contributed by atoms with Gasteiger partial charge in [0.05, 0.1) is 30.0 Å². The van der Waals surface area contributed by atoms with Gasteiger partial charge < -0.3 is 20.7 Å². The molecule has 1 aromatic heterocycles. The molecule has 9 heteroatoms. The number of allylic oxidation sites excluding steroid dienone is 1. The van der Waals surface area contributed by atoms with Gasteiger partial charge in [-0.1, -0.05) is 82.3 Å². The zero-order valence-corrected chi connectivity index (χ0v) is 25.7. The minimum absolute atomic E-state index is 0.0515. The molecule has 1 heterocycles. The monoisotopic (exact) mass is 563 g/mol. The lowest BCUT2D eigenvalue weighted by Gasteiger charge is -2.14. The number of phenols is 1. The maximum Gasteiger partial charge on any atom is 0.177 e. The highest BCUT2D eigenvalue weighted by atomic mass is 32.2. The molecule has 5 nitrogen and oxygen atoms in total. The number of hydrogen-bond acceptors (Lipinski definition) is 8. The number of benzene rings is 2. The molecule has 3 rings (SSSR count). The Kier molecular flexibility index (Phi) is 14.7. The van der Waals surface area contributed by atoms with Crippen LogP contribution in [0.2, 0.25) is 0 Å². The van der Waals surface area contributed by atoms with Crippen molar-refractivity contribution in [2.75, 3.05) is 11.6 Å². The number of thioether (sulfide) groups is 2. The van der Waals surface area contributed by atoms with Crippen LogP contribution in [0, 0.1) is 6.92 Å². The molecule has 0 aliphatic rings. The smallest absolute Gasteiger partial charge is 0.177 e. The zero-order chi connectivity index (χ0) is 27.3. The molecule has 196 valence electrons. The first-order chi connectivity index (χ1) is 17.2. The molecule has 0 aliphatic heterocycles. The fourth-order valence-electron chi connectivity index (χ4n) is 2.77. The number of aromatic nitrogens is 1. The van der Waals surface area contributed by atoms with Crippen molar-refractivity contribution < 1.29 is 9.63 Å². The number of nitrogens with one attached hydrogen (secondary N) is 1. The van der Waals surface area contributed by atoms with Gasteiger partial charge in [0.2, 0.25) is 0 Å². The van der Waals surface area contributed by atoms with Gasteiger partial charge in [0.1, 0.15) is 5.01 Å². The second kappa shape index (κ2) is 16.6. The first-order valence-corrected chi connectivity index (χ1v) is 15.0. The maximum atomic E-state index is 10.2.